The van der Waals surface area contributed by atoms with Crippen LogP contribution >= 0.6 is 0 Å². The first-order chi connectivity index (χ1) is 7.67. The standard InChI is InChI=1S/C12H14FNO2/c1-2-16-12(15)6-4-9-3-5-11(13)7-10(9)8-14/h3-7H,2,8,14H2,1H3. The molecule has 0 aliphatic rings. The van der Waals surface area contributed by atoms with Gasteiger partial charge in [-0.3, -0.25) is 0 Å². The number of halogens is 1. The Bertz CT molecular complexity index is 402. The van der Waals surface area contributed by atoms with Crippen molar-refractivity contribution >= 4 is 12.0 Å². The molecular weight excluding hydrogens is 209 g/mol. The van der Waals surface area contributed by atoms with E-state index in [0.29, 0.717) is 12.2 Å². The van der Waals surface area contributed by atoms with Gasteiger partial charge in [-0.15, -0.1) is 0 Å². The van der Waals surface area contributed by atoms with Crippen LogP contribution in [0.2, 0.25) is 0 Å². The molecule has 1 aromatic rings. The van der Waals surface area contributed by atoms with E-state index in [1.165, 1.54) is 18.2 Å². The molecule has 0 spiro atoms. The minimum absolute atomic E-state index is 0.222. The van der Waals surface area contributed by atoms with Gasteiger partial charge in [0.25, 0.3) is 0 Å². The SMILES string of the molecule is CCOC(=O)C=Cc1ccc(F)cc1CN. The molecule has 0 saturated heterocycles. The van der Waals surface area contributed by atoms with Gasteiger partial charge in [0.15, 0.2) is 0 Å². The number of ether oxygens (including phenoxy) is 1. The van der Waals surface area contributed by atoms with Gasteiger partial charge in [-0.1, -0.05) is 6.07 Å². The van der Waals surface area contributed by atoms with Crippen molar-refractivity contribution < 1.29 is 13.9 Å². The normalized spacial score (nSPS) is 10.7. The van der Waals surface area contributed by atoms with Crippen molar-refractivity contribution in [2.24, 2.45) is 5.73 Å². The number of rotatable bonds is 4. The lowest BCUT2D eigenvalue weighted by atomic mass is 10.1. The molecule has 2 N–H and O–H groups in total. The third kappa shape index (κ3) is 3.47. The first-order valence-corrected chi connectivity index (χ1v) is 5.00. The summed E-state index contributed by atoms with van der Waals surface area (Å²) in [5, 5.41) is 0. The summed E-state index contributed by atoms with van der Waals surface area (Å²) in [5.41, 5.74) is 6.84. The zero-order chi connectivity index (χ0) is 12.0. The molecule has 0 amide bonds. The fraction of sp³-hybridized carbons (Fsp3) is 0.250. The highest BCUT2D eigenvalue weighted by Crippen LogP contribution is 2.12. The molecule has 1 aromatic carbocycles. The van der Waals surface area contributed by atoms with Gasteiger partial charge >= 0.3 is 5.97 Å². The van der Waals surface area contributed by atoms with E-state index in [4.69, 9.17) is 10.5 Å². The van der Waals surface area contributed by atoms with Gasteiger partial charge in [-0.05, 0) is 36.3 Å². The van der Waals surface area contributed by atoms with Crippen LogP contribution in [0.5, 0.6) is 0 Å². The molecule has 0 saturated carbocycles. The van der Waals surface area contributed by atoms with Gasteiger partial charge in [0.1, 0.15) is 5.82 Å². The van der Waals surface area contributed by atoms with Crippen LogP contribution in [0.25, 0.3) is 6.08 Å². The molecule has 4 heteroatoms. The molecule has 0 heterocycles. The van der Waals surface area contributed by atoms with Crippen LogP contribution < -0.4 is 5.73 Å². The number of hydrogen-bond acceptors (Lipinski definition) is 3. The lowest BCUT2D eigenvalue weighted by Crippen LogP contribution is -2.01. The maximum atomic E-state index is 12.9. The molecule has 16 heavy (non-hydrogen) atoms. The average molecular weight is 223 g/mol. The van der Waals surface area contributed by atoms with Gasteiger partial charge < -0.3 is 10.5 Å². The predicted octanol–water partition coefficient (Wildman–Crippen LogP) is 1.86. The molecule has 86 valence electrons. The van der Waals surface area contributed by atoms with E-state index in [2.05, 4.69) is 0 Å². The van der Waals surface area contributed by atoms with Crippen LogP contribution in [0.15, 0.2) is 24.3 Å². The summed E-state index contributed by atoms with van der Waals surface area (Å²) in [4.78, 5) is 11.1. The molecule has 0 aromatic heterocycles. The van der Waals surface area contributed by atoms with E-state index in [9.17, 15) is 9.18 Å². The second-order valence-corrected chi connectivity index (χ2v) is 3.13. The third-order valence-electron chi connectivity index (χ3n) is 2.01. The van der Waals surface area contributed by atoms with E-state index in [0.717, 1.165) is 5.56 Å². The topological polar surface area (TPSA) is 52.3 Å². The summed E-state index contributed by atoms with van der Waals surface area (Å²) in [6.07, 6.45) is 2.87. The van der Waals surface area contributed by atoms with Crippen molar-refractivity contribution in [3.05, 3.63) is 41.2 Å². The lowest BCUT2D eigenvalue weighted by Gasteiger charge is -2.03. The van der Waals surface area contributed by atoms with Gasteiger partial charge in [-0.25, -0.2) is 9.18 Å². The molecule has 3 nitrogen and oxygen atoms in total. The molecule has 0 radical (unpaired) electrons. The molecule has 0 aliphatic carbocycles. The Kier molecular flexibility index (Phi) is 4.66. The van der Waals surface area contributed by atoms with Crippen LogP contribution in [0.4, 0.5) is 4.39 Å². The van der Waals surface area contributed by atoms with Crippen molar-refractivity contribution in [1.82, 2.24) is 0 Å². The zero-order valence-corrected chi connectivity index (χ0v) is 9.07. The first-order valence-electron chi connectivity index (χ1n) is 5.00. The third-order valence-corrected chi connectivity index (χ3v) is 2.01. The Morgan fingerprint density at radius 1 is 1.56 bits per heavy atom. The fourth-order valence-corrected chi connectivity index (χ4v) is 1.26. The molecule has 0 atom stereocenters. The van der Waals surface area contributed by atoms with E-state index < -0.39 is 5.97 Å². The summed E-state index contributed by atoms with van der Waals surface area (Å²) in [6.45, 7) is 2.28. The smallest absolute Gasteiger partial charge is 0.330 e. The second kappa shape index (κ2) is 6.02. The van der Waals surface area contributed by atoms with E-state index in [1.54, 1.807) is 19.1 Å². The molecular formula is C12H14FNO2. The maximum absolute atomic E-state index is 12.9. The van der Waals surface area contributed by atoms with Gasteiger partial charge in [0, 0.05) is 12.6 Å². The van der Waals surface area contributed by atoms with Gasteiger partial charge in [0.2, 0.25) is 0 Å². The van der Waals surface area contributed by atoms with Crippen LogP contribution in [-0.2, 0) is 16.1 Å². The number of esters is 1. The lowest BCUT2D eigenvalue weighted by molar-refractivity contribution is -0.137. The summed E-state index contributed by atoms with van der Waals surface area (Å²) >= 11 is 0. The Balaban J connectivity index is 2.84. The van der Waals surface area contributed by atoms with Crippen molar-refractivity contribution in [3.63, 3.8) is 0 Å². The van der Waals surface area contributed by atoms with Gasteiger partial charge in [-0.2, -0.15) is 0 Å². The van der Waals surface area contributed by atoms with E-state index >= 15 is 0 Å². The Morgan fingerprint density at radius 2 is 2.31 bits per heavy atom. The summed E-state index contributed by atoms with van der Waals surface area (Å²) in [6, 6.07) is 4.25. The number of carbonyl (C=O) groups excluding carboxylic acids is 1. The Morgan fingerprint density at radius 3 is 2.94 bits per heavy atom. The number of benzene rings is 1. The summed E-state index contributed by atoms with van der Waals surface area (Å²) in [7, 11) is 0. The van der Waals surface area contributed by atoms with Crippen LogP contribution in [0.3, 0.4) is 0 Å². The number of hydrogen-bond donors (Lipinski definition) is 1. The predicted molar refractivity (Wildman–Crippen MR) is 60.0 cm³/mol. The monoisotopic (exact) mass is 223 g/mol. The van der Waals surface area contributed by atoms with Crippen LogP contribution in [-0.4, -0.2) is 12.6 Å². The Labute approximate surface area is 93.7 Å². The fourth-order valence-electron chi connectivity index (χ4n) is 1.26. The average Bonchev–Trinajstić information content (AvgIpc) is 2.27. The summed E-state index contributed by atoms with van der Waals surface area (Å²) < 4.78 is 17.6. The molecule has 0 fully saturated rings. The minimum Gasteiger partial charge on any atom is -0.463 e. The van der Waals surface area contributed by atoms with E-state index in [-0.39, 0.29) is 12.4 Å². The zero-order valence-electron chi connectivity index (χ0n) is 9.07. The van der Waals surface area contributed by atoms with Crippen LogP contribution in [0.1, 0.15) is 18.1 Å². The van der Waals surface area contributed by atoms with Crippen LogP contribution in [0, 0.1) is 5.82 Å². The van der Waals surface area contributed by atoms with Crippen molar-refractivity contribution in [2.45, 2.75) is 13.5 Å². The van der Waals surface area contributed by atoms with Crippen molar-refractivity contribution in [3.8, 4) is 0 Å². The quantitative estimate of drug-likeness (QED) is 0.626. The Hall–Kier alpha value is -1.68. The molecule has 0 aliphatic heterocycles. The second-order valence-electron chi connectivity index (χ2n) is 3.13. The highest BCUT2D eigenvalue weighted by molar-refractivity contribution is 5.87. The van der Waals surface area contributed by atoms with Crippen molar-refractivity contribution in [2.75, 3.05) is 6.61 Å². The number of carbonyl (C=O) groups is 1. The minimum atomic E-state index is -0.421. The summed E-state index contributed by atoms with van der Waals surface area (Å²) in [5.74, 6) is -0.761. The maximum Gasteiger partial charge on any atom is 0.330 e. The highest BCUT2D eigenvalue weighted by Gasteiger charge is 2.01. The first kappa shape index (κ1) is 12.4. The molecule has 0 bridgehead atoms. The molecule has 1 rings (SSSR count). The largest absolute Gasteiger partial charge is 0.463 e. The number of nitrogens with two attached hydrogens (primary N) is 1. The highest BCUT2D eigenvalue weighted by atomic mass is 19.1. The molecule has 0 unspecified atom stereocenters. The van der Waals surface area contributed by atoms with E-state index in [1.807, 2.05) is 0 Å². The van der Waals surface area contributed by atoms with Gasteiger partial charge in [0.05, 0.1) is 6.61 Å². The van der Waals surface area contributed by atoms with Crippen molar-refractivity contribution in [1.29, 1.82) is 0 Å².